The van der Waals surface area contributed by atoms with E-state index < -0.39 is 12.5 Å². The smallest absolute Gasteiger partial charge is 0.387 e. The van der Waals surface area contributed by atoms with Gasteiger partial charge in [0, 0.05) is 23.9 Å². The number of H-pyrrole nitrogens is 1. The third-order valence-corrected chi connectivity index (χ3v) is 3.66. The molecule has 144 valence electrons. The van der Waals surface area contributed by atoms with Crippen LogP contribution in [0.25, 0.3) is 11.3 Å². The number of hydrogen-bond acceptors (Lipinski definition) is 4. The van der Waals surface area contributed by atoms with Crippen LogP contribution >= 0.6 is 0 Å². The van der Waals surface area contributed by atoms with Crippen LogP contribution in [-0.4, -0.2) is 28.6 Å². The van der Waals surface area contributed by atoms with Crippen LogP contribution in [0.2, 0.25) is 0 Å². The number of anilines is 2. The van der Waals surface area contributed by atoms with E-state index in [4.69, 9.17) is 0 Å². The zero-order chi connectivity index (χ0) is 20.1. The summed E-state index contributed by atoms with van der Waals surface area (Å²) in [5.74, 6) is -0.547. The number of nitrogens with one attached hydrogen (secondary N) is 3. The Kier molecular flexibility index (Phi) is 5.64. The molecule has 28 heavy (non-hydrogen) atoms. The first-order valence-electron chi connectivity index (χ1n) is 8.20. The van der Waals surface area contributed by atoms with Gasteiger partial charge in [0.05, 0.1) is 5.69 Å². The highest BCUT2D eigenvalue weighted by atomic mass is 19.3. The van der Waals surface area contributed by atoms with Crippen LogP contribution in [-0.2, 0) is 4.79 Å². The Morgan fingerprint density at radius 3 is 2.18 bits per heavy atom. The average Bonchev–Trinajstić information content (AvgIpc) is 3.13. The van der Waals surface area contributed by atoms with Crippen molar-refractivity contribution < 1.29 is 23.1 Å². The molecule has 0 aliphatic heterocycles. The molecular formula is C19H16F2N4O3. The van der Waals surface area contributed by atoms with Crippen molar-refractivity contribution in [1.29, 1.82) is 0 Å². The lowest BCUT2D eigenvalue weighted by molar-refractivity contribution is -0.114. The van der Waals surface area contributed by atoms with E-state index in [-0.39, 0.29) is 17.4 Å². The second-order valence-electron chi connectivity index (χ2n) is 5.78. The fourth-order valence-electron chi connectivity index (χ4n) is 2.43. The van der Waals surface area contributed by atoms with Crippen LogP contribution in [0.3, 0.4) is 0 Å². The fourth-order valence-corrected chi connectivity index (χ4v) is 2.43. The van der Waals surface area contributed by atoms with E-state index in [1.807, 2.05) is 0 Å². The van der Waals surface area contributed by atoms with Gasteiger partial charge in [-0.15, -0.1) is 0 Å². The molecule has 1 aromatic heterocycles. The van der Waals surface area contributed by atoms with Crippen molar-refractivity contribution >= 4 is 23.2 Å². The van der Waals surface area contributed by atoms with Gasteiger partial charge in [0.25, 0.3) is 5.91 Å². The molecule has 0 unspecified atom stereocenters. The number of alkyl halides is 2. The highest BCUT2D eigenvalue weighted by Gasteiger charge is 2.12. The van der Waals surface area contributed by atoms with Crippen LogP contribution in [0.4, 0.5) is 20.2 Å². The molecule has 0 saturated carbocycles. The monoisotopic (exact) mass is 386 g/mol. The summed E-state index contributed by atoms with van der Waals surface area (Å²) in [4.78, 5) is 23.4. The summed E-state index contributed by atoms with van der Waals surface area (Å²) in [5.41, 5.74) is 2.51. The molecule has 2 amide bonds. The molecule has 0 bridgehead atoms. The average molecular weight is 386 g/mol. The van der Waals surface area contributed by atoms with Crippen molar-refractivity contribution in [3.63, 3.8) is 0 Å². The van der Waals surface area contributed by atoms with Crippen LogP contribution < -0.4 is 15.4 Å². The number of carbonyl (C=O) groups excluding carboxylic acids is 2. The highest BCUT2D eigenvalue weighted by Crippen LogP contribution is 2.23. The Morgan fingerprint density at radius 1 is 1.00 bits per heavy atom. The number of hydrogen-bond donors (Lipinski definition) is 3. The Labute approximate surface area is 158 Å². The number of rotatable bonds is 6. The fraction of sp³-hybridized carbons (Fsp3) is 0.105. The van der Waals surface area contributed by atoms with Gasteiger partial charge in [-0.2, -0.15) is 13.9 Å². The maximum atomic E-state index is 12.3. The molecule has 0 saturated heterocycles. The lowest BCUT2D eigenvalue weighted by atomic mass is 10.1. The van der Waals surface area contributed by atoms with Crippen LogP contribution in [0.15, 0.2) is 54.6 Å². The van der Waals surface area contributed by atoms with E-state index in [9.17, 15) is 18.4 Å². The summed E-state index contributed by atoms with van der Waals surface area (Å²) in [6, 6.07) is 14.1. The zero-order valence-electron chi connectivity index (χ0n) is 14.7. The van der Waals surface area contributed by atoms with Crippen molar-refractivity contribution in [1.82, 2.24) is 10.2 Å². The molecular weight excluding hydrogens is 370 g/mol. The molecule has 0 atom stereocenters. The second kappa shape index (κ2) is 8.30. The number of carbonyl (C=O) groups is 2. The van der Waals surface area contributed by atoms with Gasteiger partial charge in [-0.3, -0.25) is 14.7 Å². The van der Waals surface area contributed by atoms with E-state index >= 15 is 0 Å². The summed E-state index contributed by atoms with van der Waals surface area (Å²) in [6.45, 7) is -1.48. The van der Waals surface area contributed by atoms with Gasteiger partial charge in [0.15, 0.2) is 0 Å². The molecule has 1 heterocycles. The lowest BCUT2D eigenvalue weighted by Gasteiger charge is -2.05. The number of amides is 2. The molecule has 0 fully saturated rings. The van der Waals surface area contributed by atoms with Crippen LogP contribution in [0, 0.1) is 0 Å². The van der Waals surface area contributed by atoms with Gasteiger partial charge in [0.1, 0.15) is 11.4 Å². The summed E-state index contributed by atoms with van der Waals surface area (Å²) < 4.78 is 28.7. The molecule has 0 aliphatic rings. The first-order chi connectivity index (χ1) is 13.4. The predicted molar refractivity (Wildman–Crippen MR) is 99.4 cm³/mol. The van der Waals surface area contributed by atoms with Crippen molar-refractivity contribution in [2.24, 2.45) is 0 Å². The molecule has 3 N–H and O–H groups in total. The van der Waals surface area contributed by atoms with Crippen molar-refractivity contribution in [3.05, 3.63) is 60.3 Å². The maximum Gasteiger partial charge on any atom is 0.387 e. The summed E-state index contributed by atoms with van der Waals surface area (Å²) in [5, 5.41) is 12.0. The predicted octanol–water partition coefficient (Wildman–Crippen LogP) is 3.89. The molecule has 0 radical (unpaired) electrons. The van der Waals surface area contributed by atoms with Gasteiger partial charge in [-0.1, -0.05) is 0 Å². The number of benzene rings is 2. The third-order valence-electron chi connectivity index (χ3n) is 3.66. The van der Waals surface area contributed by atoms with Gasteiger partial charge >= 0.3 is 6.61 Å². The Balaban J connectivity index is 1.66. The first-order valence-corrected chi connectivity index (χ1v) is 8.20. The number of halogens is 2. The van der Waals surface area contributed by atoms with Crippen molar-refractivity contribution in [2.75, 3.05) is 10.6 Å². The molecule has 2 aromatic carbocycles. The minimum absolute atomic E-state index is 0.0370. The Bertz CT molecular complexity index is 970. The topological polar surface area (TPSA) is 96.1 Å². The van der Waals surface area contributed by atoms with Crippen LogP contribution in [0.5, 0.6) is 5.75 Å². The SMILES string of the molecule is CC(=O)Nc1ccc(NC(=O)c2cc(-c3ccc(OC(F)F)cc3)n[nH]2)cc1. The second-order valence-corrected chi connectivity index (χ2v) is 5.78. The maximum absolute atomic E-state index is 12.3. The Morgan fingerprint density at radius 2 is 1.61 bits per heavy atom. The Hall–Kier alpha value is -3.75. The molecule has 0 aliphatic carbocycles. The highest BCUT2D eigenvalue weighted by molar-refractivity contribution is 6.03. The quantitative estimate of drug-likeness (QED) is 0.599. The molecule has 0 spiro atoms. The van der Waals surface area contributed by atoms with E-state index in [1.165, 1.54) is 19.1 Å². The molecule has 9 heteroatoms. The molecule has 3 rings (SSSR count). The van der Waals surface area contributed by atoms with Crippen LogP contribution in [0.1, 0.15) is 17.4 Å². The number of nitrogens with zero attached hydrogens (tertiary/aromatic N) is 1. The molecule has 3 aromatic rings. The standard InChI is InChI=1S/C19H16F2N4O3/c1-11(26)22-13-4-6-14(7-5-13)23-18(27)17-10-16(24-25-17)12-2-8-15(9-3-12)28-19(20)21/h2-10,19H,1H3,(H,22,26)(H,23,27)(H,24,25). The number of aromatic nitrogens is 2. The van der Waals surface area contributed by atoms with Gasteiger partial charge in [-0.05, 0) is 54.6 Å². The summed E-state index contributed by atoms with van der Waals surface area (Å²) in [6.07, 6.45) is 0. The third kappa shape index (κ3) is 4.91. The number of ether oxygens (including phenoxy) is 1. The molecule has 7 nitrogen and oxygen atoms in total. The van der Waals surface area contributed by atoms with Gasteiger partial charge < -0.3 is 15.4 Å². The largest absolute Gasteiger partial charge is 0.435 e. The van der Waals surface area contributed by atoms with E-state index in [2.05, 4.69) is 25.6 Å². The van der Waals surface area contributed by atoms with E-state index in [0.29, 0.717) is 22.6 Å². The zero-order valence-corrected chi connectivity index (χ0v) is 14.7. The summed E-state index contributed by atoms with van der Waals surface area (Å²) >= 11 is 0. The van der Waals surface area contributed by atoms with Gasteiger partial charge in [-0.25, -0.2) is 0 Å². The normalized spacial score (nSPS) is 10.6. The minimum atomic E-state index is -2.89. The van der Waals surface area contributed by atoms with Crippen molar-refractivity contribution in [3.8, 4) is 17.0 Å². The van der Waals surface area contributed by atoms with Crippen molar-refractivity contribution in [2.45, 2.75) is 13.5 Å². The number of aromatic amines is 1. The summed E-state index contributed by atoms with van der Waals surface area (Å²) in [7, 11) is 0. The minimum Gasteiger partial charge on any atom is -0.435 e. The van der Waals surface area contributed by atoms with Gasteiger partial charge in [0.2, 0.25) is 5.91 Å². The lowest BCUT2D eigenvalue weighted by Crippen LogP contribution is -2.12. The van der Waals surface area contributed by atoms with E-state index in [1.54, 1.807) is 42.5 Å². The van der Waals surface area contributed by atoms with E-state index in [0.717, 1.165) is 0 Å². The first kappa shape index (κ1) is 19.0.